The number of benzene rings is 1. The molecule has 0 spiro atoms. The van der Waals surface area contributed by atoms with E-state index in [0.29, 0.717) is 12.6 Å². The van der Waals surface area contributed by atoms with Gasteiger partial charge in [0.15, 0.2) is 0 Å². The Morgan fingerprint density at radius 1 is 1.35 bits per heavy atom. The number of anilines is 1. The highest BCUT2D eigenvalue weighted by molar-refractivity contribution is 5.66. The molecule has 1 aliphatic rings. The third-order valence-electron chi connectivity index (χ3n) is 3.24. The van der Waals surface area contributed by atoms with Crippen molar-refractivity contribution >= 4 is 5.69 Å². The molecular weight excluding hydrogens is 216 g/mol. The predicted molar refractivity (Wildman–Crippen MR) is 68.9 cm³/mol. The van der Waals surface area contributed by atoms with Gasteiger partial charge in [0.05, 0.1) is 19.9 Å². The maximum Gasteiger partial charge on any atom is 0.145 e. The summed E-state index contributed by atoms with van der Waals surface area (Å²) in [5.74, 6) is 1.70. The van der Waals surface area contributed by atoms with Crippen LogP contribution in [0.25, 0.3) is 0 Å². The summed E-state index contributed by atoms with van der Waals surface area (Å²) in [5.41, 5.74) is 7.96. The van der Waals surface area contributed by atoms with Crippen molar-refractivity contribution in [3.63, 3.8) is 0 Å². The number of hydrogen-bond acceptors (Lipinski definition) is 4. The number of methoxy groups -OCH3 is 2. The Labute approximate surface area is 102 Å². The van der Waals surface area contributed by atoms with Crippen LogP contribution in [0, 0.1) is 0 Å². The summed E-state index contributed by atoms with van der Waals surface area (Å²) in [6.07, 6.45) is 3.15. The molecule has 1 aromatic rings. The van der Waals surface area contributed by atoms with Crippen LogP contribution in [0.1, 0.15) is 18.4 Å². The molecule has 0 saturated heterocycles. The van der Waals surface area contributed by atoms with E-state index in [1.807, 2.05) is 6.07 Å². The second kappa shape index (κ2) is 5.27. The van der Waals surface area contributed by atoms with E-state index in [2.05, 4.69) is 11.4 Å². The third kappa shape index (κ3) is 2.47. The zero-order chi connectivity index (χ0) is 12.3. The lowest BCUT2D eigenvalue weighted by atomic mass is 9.95. The topological polar surface area (TPSA) is 56.5 Å². The minimum atomic E-state index is 0.454. The minimum absolute atomic E-state index is 0.454. The van der Waals surface area contributed by atoms with Crippen LogP contribution < -0.4 is 20.5 Å². The smallest absolute Gasteiger partial charge is 0.145 e. The van der Waals surface area contributed by atoms with Crippen LogP contribution >= 0.6 is 0 Å². The molecule has 4 heteroatoms. The number of aryl methyl sites for hydroxylation is 1. The maximum absolute atomic E-state index is 5.60. The van der Waals surface area contributed by atoms with Crippen molar-refractivity contribution in [2.75, 3.05) is 26.1 Å². The number of rotatable bonds is 4. The first-order valence-corrected chi connectivity index (χ1v) is 6.00. The fourth-order valence-corrected chi connectivity index (χ4v) is 2.31. The monoisotopic (exact) mass is 236 g/mol. The largest absolute Gasteiger partial charge is 0.497 e. The van der Waals surface area contributed by atoms with Gasteiger partial charge in [-0.2, -0.15) is 0 Å². The van der Waals surface area contributed by atoms with Gasteiger partial charge in [0, 0.05) is 12.1 Å². The molecule has 0 saturated carbocycles. The SMILES string of the molecule is COc1cc2c(c(OC)c1)NC(CCN)CC2. The van der Waals surface area contributed by atoms with Crippen molar-refractivity contribution in [3.05, 3.63) is 17.7 Å². The van der Waals surface area contributed by atoms with Crippen LogP contribution in [0.3, 0.4) is 0 Å². The lowest BCUT2D eigenvalue weighted by Crippen LogP contribution is -2.28. The summed E-state index contributed by atoms with van der Waals surface area (Å²) in [5, 5.41) is 3.51. The normalized spacial score (nSPS) is 18.2. The van der Waals surface area contributed by atoms with Crippen LogP contribution in [-0.4, -0.2) is 26.8 Å². The highest BCUT2D eigenvalue weighted by Crippen LogP contribution is 2.37. The van der Waals surface area contributed by atoms with Gasteiger partial charge in [0.1, 0.15) is 11.5 Å². The second-order valence-corrected chi connectivity index (χ2v) is 4.32. The van der Waals surface area contributed by atoms with Crippen LogP contribution in [0.15, 0.2) is 12.1 Å². The Bertz CT molecular complexity index is 376. The van der Waals surface area contributed by atoms with E-state index in [4.69, 9.17) is 15.2 Å². The van der Waals surface area contributed by atoms with Gasteiger partial charge in [-0.05, 0) is 37.4 Å². The highest BCUT2D eigenvalue weighted by atomic mass is 16.5. The van der Waals surface area contributed by atoms with Crippen LogP contribution in [0.4, 0.5) is 5.69 Å². The van der Waals surface area contributed by atoms with Crippen molar-refractivity contribution in [2.24, 2.45) is 5.73 Å². The van der Waals surface area contributed by atoms with Gasteiger partial charge >= 0.3 is 0 Å². The highest BCUT2D eigenvalue weighted by Gasteiger charge is 2.21. The summed E-state index contributed by atoms with van der Waals surface area (Å²) in [6, 6.07) is 4.44. The minimum Gasteiger partial charge on any atom is -0.497 e. The summed E-state index contributed by atoms with van der Waals surface area (Å²) in [7, 11) is 3.36. The average molecular weight is 236 g/mol. The van der Waals surface area contributed by atoms with Gasteiger partial charge in [-0.1, -0.05) is 0 Å². The van der Waals surface area contributed by atoms with Crippen molar-refractivity contribution in [2.45, 2.75) is 25.3 Å². The molecule has 1 aliphatic heterocycles. The zero-order valence-electron chi connectivity index (χ0n) is 10.5. The first-order chi connectivity index (χ1) is 8.28. The molecule has 0 radical (unpaired) electrons. The lowest BCUT2D eigenvalue weighted by molar-refractivity contribution is 0.392. The molecule has 1 heterocycles. The number of fused-ring (bicyclic) bond motifs is 1. The van der Waals surface area contributed by atoms with Crippen molar-refractivity contribution in [1.82, 2.24) is 0 Å². The predicted octanol–water partition coefficient (Wildman–Crippen LogP) is 1.78. The molecule has 1 aromatic carbocycles. The van der Waals surface area contributed by atoms with E-state index in [0.717, 1.165) is 36.4 Å². The fourth-order valence-electron chi connectivity index (χ4n) is 2.31. The van der Waals surface area contributed by atoms with Gasteiger partial charge in [-0.3, -0.25) is 0 Å². The van der Waals surface area contributed by atoms with Crippen molar-refractivity contribution in [3.8, 4) is 11.5 Å². The van der Waals surface area contributed by atoms with E-state index in [1.165, 1.54) is 5.56 Å². The van der Waals surface area contributed by atoms with E-state index in [1.54, 1.807) is 14.2 Å². The second-order valence-electron chi connectivity index (χ2n) is 4.32. The van der Waals surface area contributed by atoms with Gasteiger partial charge in [-0.15, -0.1) is 0 Å². The van der Waals surface area contributed by atoms with Crippen molar-refractivity contribution < 1.29 is 9.47 Å². The van der Waals surface area contributed by atoms with Crippen LogP contribution in [0.5, 0.6) is 11.5 Å². The molecule has 1 atom stereocenters. The van der Waals surface area contributed by atoms with Crippen LogP contribution in [-0.2, 0) is 6.42 Å². The van der Waals surface area contributed by atoms with E-state index >= 15 is 0 Å². The Hall–Kier alpha value is -1.42. The molecule has 4 nitrogen and oxygen atoms in total. The van der Waals surface area contributed by atoms with E-state index < -0.39 is 0 Å². The summed E-state index contributed by atoms with van der Waals surface area (Å²) < 4.78 is 10.7. The van der Waals surface area contributed by atoms with Crippen molar-refractivity contribution in [1.29, 1.82) is 0 Å². The van der Waals surface area contributed by atoms with Crippen LogP contribution in [0.2, 0.25) is 0 Å². The third-order valence-corrected chi connectivity index (χ3v) is 3.24. The number of nitrogens with one attached hydrogen (secondary N) is 1. The molecule has 0 fully saturated rings. The first kappa shape index (κ1) is 12.0. The molecule has 2 rings (SSSR count). The Morgan fingerprint density at radius 3 is 2.82 bits per heavy atom. The Balaban J connectivity index is 2.29. The first-order valence-electron chi connectivity index (χ1n) is 6.00. The molecule has 0 amide bonds. The van der Waals surface area contributed by atoms with Gasteiger partial charge in [0.2, 0.25) is 0 Å². The summed E-state index contributed by atoms with van der Waals surface area (Å²) in [4.78, 5) is 0. The number of ether oxygens (including phenoxy) is 2. The summed E-state index contributed by atoms with van der Waals surface area (Å²) in [6.45, 7) is 0.714. The average Bonchev–Trinajstić information content (AvgIpc) is 2.37. The number of nitrogens with two attached hydrogens (primary N) is 1. The molecule has 0 aliphatic carbocycles. The Kier molecular flexibility index (Phi) is 3.74. The quantitative estimate of drug-likeness (QED) is 0.836. The standard InChI is InChI=1S/C13H20N2O2/c1-16-11-7-9-3-4-10(5-6-14)15-13(9)12(8-11)17-2/h7-8,10,15H,3-6,14H2,1-2H3. The molecular formula is C13H20N2O2. The fraction of sp³-hybridized carbons (Fsp3) is 0.538. The molecule has 0 aromatic heterocycles. The molecule has 0 bridgehead atoms. The van der Waals surface area contributed by atoms with Gasteiger partial charge in [-0.25, -0.2) is 0 Å². The molecule has 17 heavy (non-hydrogen) atoms. The lowest BCUT2D eigenvalue weighted by Gasteiger charge is -2.28. The van der Waals surface area contributed by atoms with E-state index in [9.17, 15) is 0 Å². The molecule has 3 N–H and O–H groups in total. The zero-order valence-corrected chi connectivity index (χ0v) is 10.5. The van der Waals surface area contributed by atoms with Gasteiger partial charge in [0.25, 0.3) is 0 Å². The van der Waals surface area contributed by atoms with E-state index in [-0.39, 0.29) is 0 Å². The Morgan fingerprint density at radius 2 is 2.18 bits per heavy atom. The molecule has 1 unspecified atom stereocenters. The maximum atomic E-state index is 5.60. The number of hydrogen-bond donors (Lipinski definition) is 2. The molecule has 94 valence electrons. The van der Waals surface area contributed by atoms with Gasteiger partial charge < -0.3 is 20.5 Å². The summed E-state index contributed by atoms with van der Waals surface area (Å²) >= 11 is 0.